The number of hydrogen-bond acceptors (Lipinski definition) is 2. The van der Waals surface area contributed by atoms with Gasteiger partial charge in [-0.25, -0.2) is 0 Å². The summed E-state index contributed by atoms with van der Waals surface area (Å²) in [4.78, 5) is 2.68. The summed E-state index contributed by atoms with van der Waals surface area (Å²) in [5.74, 6) is 1.71. The van der Waals surface area contributed by atoms with E-state index in [1.54, 1.807) is 0 Å². The molecule has 90 valence electrons. The second-order valence-electron chi connectivity index (χ2n) is 5.41. The largest absolute Gasteiger partial charge is 0.315 e. The first-order chi connectivity index (χ1) is 7.06. The number of likely N-dealkylation sites (tertiary alicyclic amines) is 1. The molecule has 0 aromatic rings. The highest BCUT2D eigenvalue weighted by Gasteiger charge is 2.31. The Bertz CT molecular complexity index is 181. The number of hydrogen-bond donors (Lipinski definition) is 1. The Labute approximate surface area is 95.4 Å². The fourth-order valence-corrected chi connectivity index (χ4v) is 2.81. The maximum atomic E-state index is 3.45. The highest BCUT2D eigenvalue weighted by Crippen LogP contribution is 2.28. The van der Waals surface area contributed by atoms with Crippen LogP contribution in [0.1, 0.15) is 41.0 Å². The van der Waals surface area contributed by atoms with Gasteiger partial charge in [-0.05, 0) is 38.6 Å². The third-order valence-electron chi connectivity index (χ3n) is 3.90. The predicted molar refractivity (Wildman–Crippen MR) is 67.1 cm³/mol. The van der Waals surface area contributed by atoms with E-state index in [1.807, 2.05) is 0 Å². The van der Waals surface area contributed by atoms with Crippen LogP contribution in [-0.4, -0.2) is 36.6 Å². The molecule has 0 aromatic carbocycles. The predicted octanol–water partition coefficient (Wildman–Crippen LogP) is 2.35. The van der Waals surface area contributed by atoms with Gasteiger partial charge in [-0.1, -0.05) is 20.8 Å². The zero-order chi connectivity index (χ0) is 11.4. The van der Waals surface area contributed by atoms with Gasteiger partial charge in [-0.15, -0.1) is 0 Å². The van der Waals surface area contributed by atoms with Gasteiger partial charge in [-0.2, -0.15) is 0 Å². The third kappa shape index (κ3) is 3.46. The van der Waals surface area contributed by atoms with Crippen LogP contribution in [-0.2, 0) is 0 Å². The van der Waals surface area contributed by atoms with E-state index in [0.717, 1.165) is 31.0 Å². The normalized spacial score (nSPS) is 35.4. The van der Waals surface area contributed by atoms with Crippen molar-refractivity contribution in [2.75, 3.05) is 19.6 Å². The maximum Gasteiger partial charge on any atom is 0.0195 e. The van der Waals surface area contributed by atoms with Crippen molar-refractivity contribution in [2.45, 2.75) is 53.1 Å². The van der Waals surface area contributed by atoms with E-state index in [0.29, 0.717) is 6.04 Å². The van der Waals surface area contributed by atoms with Crippen molar-refractivity contribution in [3.8, 4) is 0 Å². The lowest BCUT2D eigenvalue weighted by Crippen LogP contribution is -2.52. The zero-order valence-electron chi connectivity index (χ0n) is 11.1. The second-order valence-corrected chi connectivity index (χ2v) is 5.41. The number of nitrogens with one attached hydrogen (secondary N) is 1. The molecule has 0 radical (unpaired) electrons. The van der Waals surface area contributed by atoms with Gasteiger partial charge in [0.15, 0.2) is 0 Å². The van der Waals surface area contributed by atoms with Gasteiger partial charge in [0.25, 0.3) is 0 Å². The van der Waals surface area contributed by atoms with Crippen LogP contribution in [0.4, 0.5) is 0 Å². The zero-order valence-corrected chi connectivity index (χ0v) is 11.1. The van der Waals surface area contributed by atoms with Crippen molar-refractivity contribution in [3.63, 3.8) is 0 Å². The Hall–Kier alpha value is -0.0800. The van der Waals surface area contributed by atoms with Crippen molar-refractivity contribution in [3.05, 3.63) is 0 Å². The summed E-state index contributed by atoms with van der Waals surface area (Å²) in [7, 11) is 0. The van der Waals surface area contributed by atoms with E-state index >= 15 is 0 Å². The standard InChI is InChI=1S/C13H28N2/c1-6-14-8-12(4)15-9-10(2)7-11(3)13(15)5/h10-14H,6-9H2,1-5H3. The van der Waals surface area contributed by atoms with E-state index < -0.39 is 0 Å². The third-order valence-corrected chi connectivity index (χ3v) is 3.90. The van der Waals surface area contributed by atoms with Crippen LogP contribution in [0.5, 0.6) is 0 Å². The number of rotatable bonds is 4. The first-order valence-electron chi connectivity index (χ1n) is 6.52. The molecule has 1 heterocycles. The molecule has 1 aliphatic heterocycles. The Morgan fingerprint density at radius 1 is 1.33 bits per heavy atom. The molecule has 0 bridgehead atoms. The number of nitrogens with zero attached hydrogens (tertiary/aromatic N) is 1. The van der Waals surface area contributed by atoms with E-state index in [2.05, 4.69) is 44.8 Å². The van der Waals surface area contributed by atoms with Crippen LogP contribution >= 0.6 is 0 Å². The highest BCUT2D eigenvalue weighted by molar-refractivity contribution is 4.85. The van der Waals surface area contributed by atoms with Crippen LogP contribution in [0, 0.1) is 11.8 Å². The average Bonchev–Trinajstić information content (AvgIpc) is 2.19. The van der Waals surface area contributed by atoms with E-state index in [1.165, 1.54) is 13.0 Å². The molecule has 1 aliphatic rings. The minimum Gasteiger partial charge on any atom is -0.315 e. The lowest BCUT2D eigenvalue weighted by atomic mass is 9.85. The molecule has 1 fully saturated rings. The smallest absolute Gasteiger partial charge is 0.0195 e. The fourth-order valence-electron chi connectivity index (χ4n) is 2.81. The molecule has 1 rings (SSSR count). The Balaban J connectivity index is 2.50. The number of likely N-dealkylation sites (N-methyl/N-ethyl adjacent to an activating group) is 1. The molecule has 0 spiro atoms. The van der Waals surface area contributed by atoms with Crippen molar-refractivity contribution >= 4 is 0 Å². The molecule has 0 amide bonds. The second kappa shape index (κ2) is 5.86. The molecule has 1 N–H and O–H groups in total. The summed E-state index contributed by atoms with van der Waals surface area (Å²) in [6.45, 7) is 15.2. The van der Waals surface area contributed by atoms with Crippen LogP contribution < -0.4 is 5.32 Å². The van der Waals surface area contributed by atoms with Crippen molar-refractivity contribution in [2.24, 2.45) is 11.8 Å². The monoisotopic (exact) mass is 212 g/mol. The quantitative estimate of drug-likeness (QED) is 0.769. The molecular formula is C13H28N2. The van der Waals surface area contributed by atoms with E-state index in [9.17, 15) is 0 Å². The first-order valence-corrected chi connectivity index (χ1v) is 6.52. The molecule has 15 heavy (non-hydrogen) atoms. The summed E-state index contributed by atoms with van der Waals surface area (Å²) >= 11 is 0. The molecule has 2 heteroatoms. The molecular weight excluding hydrogens is 184 g/mol. The van der Waals surface area contributed by atoms with Gasteiger partial charge in [0, 0.05) is 25.2 Å². The van der Waals surface area contributed by atoms with Crippen LogP contribution in [0.15, 0.2) is 0 Å². The fraction of sp³-hybridized carbons (Fsp3) is 1.00. The lowest BCUT2D eigenvalue weighted by Gasteiger charge is -2.44. The van der Waals surface area contributed by atoms with E-state index in [4.69, 9.17) is 0 Å². The summed E-state index contributed by atoms with van der Waals surface area (Å²) in [6, 6.07) is 1.42. The van der Waals surface area contributed by atoms with Gasteiger partial charge in [-0.3, -0.25) is 4.90 Å². The van der Waals surface area contributed by atoms with Gasteiger partial charge >= 0.3 is 0 Å². The summed E-state index contributed by atoms with van der Waals surface area (Å²) in [5.41, 5.74) is 0. The van der Waals surface area contributed by atoms with Gasteiger partial charge in [0.05, 0.1) is 0 Å². The van der Waals surface area contributed by atoms with Crippen LogP contribution in [0.25, 0.3) is 0 Å². The average molecular weight is 212 g/mol. The van der Waals surface area contributed by atoms with Crippen molar-refractivity contribution < 1.29 is 0 Å². The van der Waals surface area contributed by atoms with Gasteiger partial charge < -0.3 is 5.32 Å². The highest BCUT2D eigenvalue weighted by atomic mass is 15.2. The molecule has 4 unspecified atom stereocenters. The molecule has 4 atom stereocenters. The molecule has 0 saturated carbocycles. The SMILES string of the molecule is CCNCC(C)N1CC(C)CC(C)C1C. The Kier molecular flexibility index (Phi) is 5.07. The summed E-state index contributed by atoms with van der Waals surface area (Å²) in [5, 5.41) is 3.45. The number of piperidine rings is 1. The molecule has 0 aliphatic carbocycles. The van der Waals surface area contributed by atoms with Gasteiger partial charge in [0.1, 0.15) is 0 Å². The Morgan fingerprint density at radius 2 is 2.00 bits per heavy atom. The first kappa shape index (κ1) is 13.0. The molecule has 2 nitrogen and oxygen atoms in total. The van der Waals surface area contributed by atoms with Crippen molar-refractivity contribution in [1.29, 1.82) is 0 Å². The summed E-state index contributed by atoms with van der Waals surface area (Å²) in [6.07, 6.45) is 1.39. The summed E-state index contributed by atoms with van der Waals surface area (Å²) < 4.78 is 0. The minimum atomic E-state index is 0.671. The van der Waals surface area contributed by atoms with E-state index in [-0.39, 0.29) is 0 Å². The Morgan fingerprint density at radius 3 is 2.60 bits per heavy atom. The molecule has 0 aromatic heterocycles. The minimum absolute atomic E-state index is 0.671. The van der Waals surface area contributed by atoms with Crippen LogP contribution in [0.2, 0.25) is 0 Å². The van der Waals surface area contributed by atoms with Gasteiger partial charge in [0.2, 0.25) is 0 Å². The maximum absolute atomic E-state index is 3.45. The molecule has 1 saturated heterocycles. The van der Waals surface area contributed by atoms with Crippen molar-refractivity contribution in [1.82, 2.24) is 10.2 Å². The lowest BCUT2D eigenvalue weighted by molar-refractivity contribution is 0.0467. The van der Waals surface area contributed by atoms with Crippen LogP contribution in [0.3, 0.4) is 0 Å². The topological polar surface area (TPSA) is 15.3 Å².